The van der Waals surface area contributed by atoms with Crippen LogP contribution in [0.3, 0.4) is 0 Å². The van der Waals surface area contributed by atoms with E-state index in [-0.39, 0.29) is 11.9 Å². The normalized spacial score (nSPS) is 15.9. The fourth-order valence-electron chi connectivity index (χ4n) is 4.27. The van der Waals surface area contributed by atoms with Crippen LogP contribution in [0.2, 0.25) is 0 Å². The molecule has 0 radical (unpaired) electrons. The molecule has 1 aliphatic heterocycles. The summed E-state index contributed by atoms with van der Waals surface area (Å²) in [7, 11) is 3.32. The van der Waals surface area contributed by atoms with Crippen LogP contribution in [0.25, 0.3) is 0 Å². The Labute approximate surface area is 187 Å². The average molecular weight is 437 g/mol. The van der Waals surface area contributed by atoms with Gasteiger partial charge < -0.3 is 14.8 Å². The number of methoxy groups -OCH3 is 2. The van der Waals surface area contributed by atoms with Gasteiger partial charge in [-0.1, -0.05) is 31.2 Å². The predicted molar refractivity (Wildman–Crippen MR) is 125 cm³/mol. The minimum atomic E-state index is 0.00591. The number of hydrogen-bond acceptors (Lipinski definition) is 5. The van der Waals surface area contributed by atoms with Crippen LogP contribution in [-0.2, 0) is 17.6 Å². The van der Waals surface area contributed by atoms with Crippen molar-refractivity contribution in [3.05, 3.63) is 75.5 Å². The van der Waals surface area contributed by atoms with Gasteiger partial charge in [0.25, 0.3) is 0 Å². The van der Waals surface area contributed by atoms with E-state index in [0.717, 1.165) is 36.4 Å². The number of aryl methyl sites for hydroxylation is 1. The molecule has 1 aromatic heterocycles. The number of carbonyl (C=O) groups is 1. The van der Waals surface area contributed by atoms with E-state index < -0.39 is 0 Å². The van der Waals surface area contributed by atoms with Crippen molar-refractivity contribution in [2.75, 3.05) is 32.6 Å². The smallest absolute Gasteiger partial charge is 0.238 e. The van der Waals surface area contributed by atoms with Gasteiger partial charge in [-0.3, -0.25) is 9.69 Å². The number of benzene rings is 2. The van der Waals surface area contributed by atoms with Crippen molar-refractivity contribution in [1.29, 1.82) is 0 Å². The summed E-state index contributed by atoms with van der Waals surface area (Å²) < 4.78 is 11.1. The van der Waals surface area contributed by atoms with Crippen LogP contribution >= 0.6 is 11.3 Å². The summed E-state index contributed by atoms with van der Waals surface area (Å²) in [6.07, 6.45) is 1.74. The summed E-state index contributed by atoms with van der Waals surface area (Å²) in [5, 5.41) is 5.20. The lowest BCUT2D eigenvalue weighted by atomic mass is 9.91. The third kappa shape index (κ3) is 4.45. The Balaban J connectivity index is 1.63. The van der Waals surface area contributed by atoms with Crippen LogP contribution in [0.15, 0.2) is 53.9 Å². The number of rotatable bonds is 7. The van der Waals surface area contributed by atoms with Gasteiger partial charge in [0.15, 0.2) is 11.5 Å². The minimum absolute atomic E-state index is 0.00591. The number of nitrogens with zero attached hydrogens (tertiary/aromatic N) is 1. The first-order chi connectivity index (χ1) is 15.1. The lowest BCUT2D eigenvalue weighted by molar-refractivity contribution is -0.117. The summed E-state index contributed by atoms with van der Waals surface area (Å²) in [6.45, 7) is 3.23. The van der Waals surface area contributed by atoms with Crippen molar-refractivity contribution >= 4 is 22.9 Å². The molecule has 2 aromatic carbocycles. The van der Waals surface area contributed by atoms with Crippen molar-refractivity contribution in [2.24, 2.45) is 0 Å². The molecule has 0 fully saturated rings. The Hall–Kier alpha value is -2.83. The van der Waals surface area contributed by atoms with Crippen molar-refractivity contribution in [1.82, 2.24) is 4.90 Å². The second-order valence-electron chi connectivity index (χ2n) is 7.60. The second-order valence-corrected chi connectivity index (χ2v) is 8.58. The van der Waals surface area contributed by atoms with Crippen LogP contribution < -0.4 is 14.8 Å². The van der Waals surface area contributed by atoms with E-state index >= 15 is 0 Å². The summed E-state index contributed by atoms with van der Waals surface area (Å²) >= 11 is 1.71. The highest BCUT2D eigenvalue weighted by molar-refractivity contribution is 7.10. The van der Waals surface area contributed by atoms with Gasteiger partial charge >= 0.3 is 0 Å². The Morgan fingerprint density at radius 1 is 1.13 bits per heavy atom. The monoisotopic (exact) mass is 436 g/mol. The van der Waals surface area contributed by atoms with Crippen LogP contribution in [0.5, 0.6) is 11.5 Å². The first kappa shape index (κ1) is 21.4. The van der Waals surface area contributed by atoms with E-state index in [4.69, 9.17) is 9.47 Å². The van der Waals surface area contributed by atoms with E-state index in [0.29, 0.717) is 12.3 Å². The molecule has 5 nitrogen and oxygen atoms in total. The topological polar surface area (TPSA) is 50.8 Å². The lowest BCUT2D eigenvalue weighted by Gasteiger charge is -2.37. The molecule has 3 aromatic rings. The summed E-state index contributed by atoms with van der Waals surface area (Å²) in [4.78, 5) is 16.5. The highest BCUT2D eigenvalue weighted by Gasteiger charge is 2.32. The molecule has 4 rings (SSSR count). The van der Waals surface area contributed by atoms with Crippen molar-refractivity contribution in [3.8, 4) is 11.5 Å². The molecule has 1 aliphatic rings. The average Bonchev–Trinajstić information content (AvgIpc) is 3.32. The molecule has 0 spiro atoms. The van der Waals surface area contributed by atoms with Gasteiger partial charge in [0.05, 0.1) is 26.8 Å². The van der Waals surface area contributed by atoms with Crippen LogP contribution in [-0.4, -0.2) is 38.1 Å². The van der Waals surface area contributed by atoms with E-state index in [1.54, 1.807) is 25.6 Å². The zero-order valence-corrected chi connectivity index (χ0v) is 19.0. The number of nitrogens with one attached hydrogen (secondary N) is 1. The fraction of sp³-hybridized carbons (Fsp3) is 0.320. The number of fused-ring (bicyclic) bond motifs is 1. The molecule has 162 valence electrons. The first-order valence-electron chi connectivity index (χ1n) is 10.5. The van der Waals surface area contributed by atoms with Gasteiger partial charge in [-0.05, 0) is 59.2 Å². The molecule has 31 heavy (non-hydrogen) atoms. The summed E-state index contributed by atoms with van der Waals surface area (Å²) in [5.41, 5.74) is 4.45. The van der Waals surface area contributed by atoms with E-state index in [1.165, 1.54) is 16.0 Å². The fourth-order valence-corrected chi connectivity index (χ4v) is 5.15. The molecule has 1 amide bonds. The van der Waals surface area contributed by atoms with Crippen LogP contribution in [0, 0.1) is 0 Å². The number of amides is 1. The molecule has 1 atom stereocenters. The van der Waals surface area contributed by atoms with Gasteiger partial charge in [-0.2, -0.15) is 0 Å². The predicted octanol–water partition coefficient (Wildman–Crippen LogP) is 4.91. The molecule has 0 saturated heterocycles. The van der Waals surface area contributed by atoms with Crippen molar-refractivity contribution in [2.45, 2.75) is 25.8 Å². The second kappa shape index (κ2) is 9.54. The molecule has 1 N–H and O–H groups in total. The van der Waals surface area contributed by atoms with Gasteiger partial charge in [0.1, 0.15) is 0 Å². The zero-order valence-electron chi connectivity index (χ0n) is 18.2. The summed E-state index contributed by atoms with van der Waals surface area (Å²) in [6, 6.07) is 16.3. The highest BCUT2D eigenvalue weighted by Crippen LogP contribution is 2.42. The summed E-state index contributed by atoms with van der Waals surface area (Å²) in [5.74, 6) is 1.46. The third-order valence-corrected chi connectivity index (χ3v) is 6.73. The minimum Gasteiger partial charge on any atom is -0.493 e. The van der Waals surface area contributed by atoms with Crippen LogP contribution in [0.1, 0.15) is 34.5 Å². The molecule has 0 aliphatic carbocycles. The van der Waals surface area contributed by atoms with Gasteiger partial charge in [0, 0.05) is 17.1 Å². The molecule has 2 heterocycles. The third-order valence-electron chi connectivity index (χ3n) is 5.81. The maximum Gasteiger partial charge on any atom is 0.238 e. The standard InChI is InChI=1S/C25H28N2O3S/c1-4-17-8-5-6-9-20(17)26-24(28)16-27-12-11-18-14-21(29-2)22(30-3)15-19(18)25(27)23-10-7-13-31-23/h5-10,13-15,25H,4,11-12,16H2,1-3H3,(H,26,28). The number of anilines is 1. The zero-order chi connectivity index (χ0) is 21.8. The van der Waals surface area contributed by atoms with E-state index in [2.05, 4.69) is 52.9 Å². The number of thiophene rings is 1. The van der Waals surface area contributed by atoms with E-state index in [9.17, 15) is 4.79 Å². The van der Waals surface area contributed by atoms with Gasteiger partial charge in [0.2, 0.25) is 5.91 Å². The van der Waals surface area contributed by atoms with E-state index in [1.807, 2.05) is 18.2 Å². The highest BCUT2D eigenvalue weighted by atomic mass is 32.1. The number of hydrogen-bond donors (Lipinski definition) is 1. The van der Waals surface area contributed by atoms with Crippen molar-refractivity contribution < 1.29 is 14.3 Å². The SMILES string of the molecule is CCc1ccccc1NC(=O)CN1CCc2cc(OC)c(OC)cc2C1c1cccs1. The van der Waals surface area contributed by atoms with Gasteiger partial charge in [-0.25, -0.2) is 0 Å². The lowest BCUT2D eigenvalue weighted by Crippen LogP contribution is -2.41. The number of para-hydroxylation sites is 1. The van der Waals surface area contributed by atoms with Crippen LogP contribution in [0.4, 0.5) is 5.69 Å². The maximum absolute atomic E-state index is 13.0. The largest absolute Gasteiger partial charge is 0.493 e. The first-order valence-corrected chi connectivity index (χ1v) is 11.4. The number of ether oxygens (including phenoxy) is 2. The van der Waals surface area contributed by atoms with Crippen molar-refractivity contribution in [3.63, 3.8) is 0 Å². The molecule has 0 bridgehead atoms. The molecule has 6 heteroatoms. The number of carbonyl (C=O) groups excluding carboxylic acids is 1. The Morgan fingerprint density at radius 3 is 2.61 bits per heavy atom. The quantitative estimate of drug-likeness (QED) is 0.572. The Kier molecular flexibility index (Phi) is 6.59. The Bertz CT molecular complexity index is 1050. The van der Waals surface area contributed by atoms with Gasteiger partial charge in [-0.15, -0.1) is 11.3 Å². The Morgan fingerprint density at radius 2 is 1.90 bits per heavy atom. The molecular weight excluding hydrogens is 408 g/mol. The molecule has 0 saturated carbocycles. The molecule has 1 unspecified atom stereocenters. The maximum atomic E-state index is 13.0. The molecular formula is C25H28N2O3S.